The lowest BCUT2D eigenvalue weighted by Crippen LogP contribution is -2.28. The Morgan fingerprint density at radius 3 is 1.63 bits per heavy atom. The molecule has 190 valence electrons. The van der Waals surface area contributed by atoms with Gasteiger partial charge in [0.1, 0.15) is 0 Å². The molecule has 2 aromatic rings. The predicted octanol–water partition coefficient (Wildman–Crippen LogP) is 8.33. The van der Waals surface area contributed by atoms with Crippen molar-refractivity contribution in [3.63, 3.8) is 0 Å². The van der Waals surface area contributed by atoms with E-state index in [1.54, 1.807) is 19.1 Å². The summed E-state index contributed by atoms with van der Waals surface area (Å²) in [6.07, 6.45) is -8.82. The number of carbonyl (C=O) groups is 2. The van der Waals surface area contributed by atoms with Crippen molar-refractivity contribution in [2.24, 2.45) is 0 Å². The molecule has 0 bridgehead atoms. The van der Waals surface area contributed by atoms with Crippen LogP contribution in [0.15, 0.2) is 30.3 Å². The summed E-state index contributed by atoms with van der Waals surface area (Å²) in [5, 5.41) is 0. The normalized spacial score (nSPS) is 17.2. The van der Waals surface area contributed by atoms with Crippen LogP contribution in [0.5, 0.6) is 0 Å². The second-order valence-electron chi connectivity index (χ2n) is 9.06. The smallest absolute Gasteiger partial charge is 0.306 e. The standard InChI is InChI=1S/C25H25F6O3P/c1-14-12-15(2)20(16(3)13-14)22(32)35(34,17-8-5-4-6-9-17)23(33)21-18(24(26,27)28)10-7-11-19(21)25(29,30)31/h7,10-13,17H,4-6,8-9H2,1-3H3. The summed E-state index contributed by atoms with van der Waals surface area (Å²) in [6, 6.07) is 4.44. The highest BCUT2D eigenvalue weighted by Crippen LogP contribution is 2.62. The van der Waals surface area contributed by atoms with Crippen LogP contribution in [0.4, 0.5) is 26.3 Å². The molecule has 3 rings (SSSR count). The molecule has 1 atom stereocenters. The molecular weight excluding hydrogens is 493 g/mol. The van der Waals surface area contributed by atoms with E-state index in [-0.39, 0.29) is 18.4 Å². The maximum atomic E-state index is 14.5. The number of halogens is 6. The Bertz CT molecular complexity index is 1150. The lowest BCUT2D eigenvalue weighted by molar-refractivity contribution is -0.143. The zero-order chi connectivity index (χ0) is 26.3. The summed E-state index contributed by atoms with van der Waals surface area (Å²) in [4.78, 5) is 27.5. The molecule has 3 nitrogen and oxygen atoms in total. The van der Waals surface area contributed by atoms with Gasteiger partial charge in [0, 0.05) is 11.2 Å². The van der Waals surface area contributed by atoms with Gasteiger partial charge in [0.2, 0.25) is 18.2 Å². The Balaban J connectivity index is 2.35. The van der Waals surface area contributed by atoms with Crippen molar-refractivity contribution in [2.75, 3.05) is 0 Å². The van der Waals surface area contributed by atoms with Crippen LogP contribution in [-0.4, -0.2) is 16.7 Å². The molecule has 1 aliphatic carbocycles. The molecule has 0 aromatic heterocycles. The quantitative estimate of drug-likeness (QED) is 0.295. The molecule has 0 amide bonds. The largest absolute Gasteiger partial charge is 0.417 e. The van der Waals surface area contributed by atoms with Crippen LogP contribution >= 0.6 is 7.14 Å². The molecule has 2 aromatic carbocycles. The van der Waals surface area contributed by atoms with E-state index < -0.39 is 52.9 Å². The van der Waals surface area contributed by atoms with E-state index in [4.69, 9.17) is 0 Å². The number of rotatable bonds is 5. The van der Waals surface area contributed by atoms with Gasteiger partial charge in [-0.05, 0) is 56.9 Å². The lowest BCUT2D eigenvalue weighted by atomic mass is 10.00. The number of benzene rings is 2. The van der Waals surface area contributed by atoms with Crippen LogP contribution < -0.4 is 0 Å². The Morgan fingerprint density at radius 1 is 0.771 bits per heavy atom. The van der Waals surface area contributed by atoms with Crippen LogP contribution in [0, 0.1) is 20.8 Å². The van der Waals surface area contributed by atoms with Gasteiger partial charge in [-0.2, -0.15) is 26.3 Å². The maximum absolute atomic E-state index is 14.5. The van der Waals surface area contributed by atoms with Gasteiger partial charge in [-0.15, -0.1) is 0 Å². The van der Waals surface area contributed by atoms with Gasteiger partial charge in [-0.3, -0.25) is 9.59 Å². The van der Waals surface area contributed by atoms with Crippen LogP contribution in [0.1, 0.15) is 80.6 Å². The molecular formula is C25H25F6O3P. The fourth-order valence-electron chi connectivity index (χ4n) is 4.97. The van der Waals surface area contributed by atoms with Gasteiger partial charge in [0.05, 0.1) is 16.7 Å². The predicted molar refractivity (Wildman–Crippen MR) is 120 cm³/mol. The van der Waals surface area contributed by atoms with Crippen LogP contribution in [0.3, 0.4) is 0 Å². The average molecular weight is 518 g/mol. The molecule has 0 heterocycles. The van der Waals surface area contributed by atoms with E-state index in [1.165, 1.54) is 13.8 Å². The fourth-order valence-corrected chi connectivity index (χ4v) is 8.17. The summed E-state index contributed by atoms with van der Waals surface area (Å²) < 4.78 is 97.3. The molecule has 0 saturated heterocycles. The molecule has 0 spiro atoms. The summed E-state index contributed by atoms with van der Waals surface area (Å²) in [5.41, 5.74) is -8.21. The Hall–Kier alpha value is -2.41. The van der Waals surface area contributed by atoms with E-state index in [0.717, 1.165) is 5.56 Å². The van der Waals surface area contributed by atoms with Gasteiger partial charge < -0.3 is 4.57 Å². The topological polar surface area (TPSA) is 51.2 Å². The number of aryl methyl sites for hydroxylation is 3. The van der Waals surface area contributed by atoms with Crippen molar-refractivity contribution in [3.8, 4) is 0 Å². The molecule has 10 heteroatoms. The summed E-state index contributed by atoms with van der Waals surface area (Å²) in [5.74, 6) is 0. The Morgan fingerprint density at radius 2 is 1.20 bits per heavy atom. The highest BCUT2D eigenvalue weighted by molar-refractivity contribution is 7.96. The first kappa shape index (κ1) is 27.2. The second-order valence-corrected chi connectivity index (χ2v) is 11.9. The van der Waals surface area contributed by atoms with E-state index in [1.807, 2.05) is 0 Å². The highest BCUT2D eigenvalue weighted by atomic mass is 31.2. The molecule has 35 heavy (non-hydrogen) atoms. The lowest BCUT2D eigenvalue weighted by Gasteiger charge is -2.31. The average Bonchev–Trinajstić information content (AvgIpc) is 2.76. The van der Waals surface area contributed by atoms with Crippen molar-refractivity contribution in [1.82, 2.24) is 0 Å². The van der Waals surface area contributed by atoms with E-state index in [0.29, 0.717) is 48.6 Å². The Labute approximate surface area is 199 Å². The maximum Gasteiger partial charge on any atom is 0.417 e. The Kier molecular flexibility index (Phi) is 7.43. The first-order valence-electron chi connectivity index (χ1n) is 11.1. The van der Waals surface area contributed by atoms with Crippen molar-refractivity contribution in [3.05, 3.63) is 69.3 Å². The summed E-state index contributed by atoms with van der Waals surface area (Å²) >= 11 is 0. The minimum atomic E-state index is -5.33. The highest BCUT2D eigenvalue weighted by Gasteiger charge is 2.53. The summed E-state index contributed by atoms with van der Waals surface area (Å²) in [7, 11) is -4.96. The molecule has 1 aliphatic rings. The van der Waals surface area contributed by atoms with Gasteiger partial charge in [-0.1, -0.05) is 43.0 Å². The SMILES string of the molecule is Cc1cc(C)c(C(=O)P(=O)(C(=O)c2c(C(F)(F)F)cccc2C(F)(F)F)C2CCCCC2)c(C)c1. The molecule has 0 N–H and O–H groups in total. The molecule has 1 unspecified atom stereocenters. The molecule has 1 saturated carbocycles. The van der Waals surface area contributed by atoms with Crippen molar-refractivity contribution in [1.29, 1.82) is 0 Å². The third-order valence-corrected chi connectivity index (χ3v) is 9.67. The van der Waals surface area contributed by atoms with E-state index in [2.05, 4.69) is 0 Å². The van der Waals surface area contributed by atoms with E-state index >= 15 is 0 Å². The van der Waals surface area contributed by atoms with Crippen LogP contribution in [0.25, 0.3) is 0 Å². The van der Waals surface area contributed by atoms with Gasteiger partial charge in [0.25, 0.3) is 0 Å². The zero-order valence-electron chi connectivity index (χ0n) is 19.4. The van der Waals surface area contributed by atoms with Crippen molar-refractivity contribution in [2.45, 2.75) is 70.9 Å². The molecule has 1 fully saturated rings. The molecule has 0 radical (unpaired) electrons. The third-order valence-electron chi connectivity index (χ3n) is 6.47. The van der Waals surface area contributed by atoms with Crippen molar-refractivity contribution < 1.29 is 40.5 Å². The first-order chi connectivity index (χ1) is 16.1. The monoisotopic (exact) mass is 518 g/mol. The van der Waals surface area contributed by atoms with Crippen molar-refractivity contribution >= 4 is 18.2 Å². The number of hydrogen-bond donors (Lipinski definition) is 0. The first-order valence-corrected chi connectivity index (χ1v) is 12.9. The van der Waals surface area contributed by atoms with E-state index in [9.17, 15) is 40.5 Å². The van der Waals surface area contributed by atoms with Crippen LogP contribution in [0.2, 0.25) is 0 Å². The number of hydrogen-bond acceptors (Lipinski definition) is 3. The van der Waals surface area contributed by atoms with Gasteiger partial charge in [0.15, 0.2) is 0 Å². The van der Waals surface area contributed by atoms with Gasteiger partial charge in [-0.25, -0.2) is 0 Å². The summed E-state index contributed by atoms with van der Waals surface area (Å²) in [6.45, 7) is 4.82. The third kappa shape index (κ3) is 5.11. The van der Waals surface area contributed by atoms with Gasteiger partial charge >= 0.3 is 12.4 Å². The number of carbonyl (C=O) groups excluding carboxylic acids is 2. The zero-order valence-corrected chi connectivity index (χ0v) is 20.3. The number of alkyl halides is 6. The fraction of sp³-hybridized carbons (Fsp3) is 0.440. The minimum absolute atomic E-state index is 0.0871. The van der Waals surface area contributed by atoms with Crippen LogP contribution in [-0.2, 0) is 16.9 Å². The molecule has 0 aliphatic heterocycles. The second kappa shape index (κ2) is 9.57. The minimum Gasteiger partial charge on any atom is -0.306 e.